The first-order chi connectivity index (χ1) is 9.47. The predicted molar refractivity (Wildman–Crippen MR) is 76.4 cm³/mol. The summed E-state index contributed by atoms with van der Waals surface area (Å²) < 4.78 is 9.79. The highest BCUT2D eigenvalue weighted by molar-refractivity contribution is 6.31. The maximum atomic E-state index is 11.7. The fourth-order valence-electron chi connectivity index (χ4n) is 1.46. The molecule has 2 amide bonds. The van der Waals surface area contributed by atoms with Crippen molar-refractivity contribution in [2.45, 2.75) is 13.8 Å². The molecule has 2 N–H and O–H groups in total. The molecule has 0 saturated heterocycles. The monoisotopic (exact) mass is 300 g/mol. The zero-order valence-corrected chi connectivity index (χ0v) is 12.3. The lowest BCUT2D eigenvalue weighted by molar-refractivity contribution is -0.115. The Hall–Kier alpha value is -1.95. The van der Waals surface area contributed by atoms with Crippen molar-refractivity contribution in [1.82, 2.24) is 5.32 Å². The summed E-state index contributed by atoms with van der Waals surface area (Å²) in [5.41, 5.74) is 1.30. The van der Waals surface area contributed by atoms with Crippen LogP contribution in [0.1, 0.15) is 12.5 Å². The largest absolute Gasteiger partial charge is 0.495 e. The van der Waals surface area contributed by atoms with Gasteiger partial charge in [-0.05, 0) is 25.5 Å². The number of hydrogen-bond acceptors (Lipinski definition) is 4. The van der Waals surface area contributed by atoms with Crippen molar-refractivity contribution in [3.8, 4) is 5.75 Å². The van der Waals surface area contributed by atoms with Crippen LogP contribution in [0.15, 0.2) is 12.1 Å². The topological polar surface area (TPSA) is 76.7 Å². The lowest BCUT2D eigenvalue weighted by Crippen LogP contribution is -2.33. The van der Waals surface area contributed by atoms with E-state index in [1.807, 2.05) is 6.92 Å². The Kier molecular flexibility index (Phi) is 6.11. The number of alkyl carbamates (subject to hydrolysis) is 1. The van der Waals surface area contributed by atoms with Crippen LogP contribution in [0.2, 0.25) is 5.02 Å². The molecule has 20 heavy (non-hydrogen) atoms. The summed E-state index contributed by atoms with van der Waals surface area (Å²) >= 11 is 5.97. The van der Waals surface area contributed by atoms with E-state index in [0.29, 0.717) is 16.5 Å². The number of carbonyl (C=O) groups is 2. The van der Waals surface area contributed by atoms with Crippen LogP contribution in [0, 0.1) is 6.92 Å². The summed E-state index contributed by atoms with van der Waals surface area (Å²) in [7, 11) is 1.48. The number of benzene rings is 1. The van der Waals surface area contributed by atoms with Gasteiger partial charge in [-0.25, -0.2) is 4.79 Å². The standard InChI is InChI=1S/C13H17ClN2O4/c1-4-20-13(18)15-7-12(17)16-10-5-8(2)9(14)6-11(10)19-3/h5-6H,4,7H2,1-3H3,(H,15,18)(H,16,17). The van der Waals surface area contributed by atoms with E-state index in [-0.39, 0.29) is 13.2 Å². The van der Waals surface area contributed by atoms with Gasteiger partial charge in [-0.3, -0.25) is 4.79 Å². The van der Waals surface area contributed by atoms with E-state index in [2.05, 4.69) is 15.4 Å². The average Bonchev–Trinajstić information content (AvgIpc) is 2.40. The fraction of sp³-hybridized carbons (Fsp3) is 0.385. The van der Waals surface area contributed by atoms with Gasteiger partial charge < -0.3 is 20.1 Å². The molecule has 0 atom stereocenters. The van der Waals surface area contributed by atoms with Crippen LogP contribution < -0.4 is 15.4 Å². The predicted octanol–water partition coefficient (Wildman–Crippen LogP) is 2.34. The third-order valence-corrected chi connectivity index (χ3v) is 2.83. The second-order valence-electron chi connectivity index (χ2n) is 3.92. The minimum atomic E-state index is -0.637. The van der Waals surface area contributed by atoms with Gasteiger partial charge in [-0.2, -0.15) is 0 Å². The van der Waals surface area contributed by atoms with Gasteiger partial charge in [0.05, 0.1) is 19.4 Å². The van der Waals surface area contributed by atoms with Gasteiger partial charge in [0.2, 0.25) is 5.91 Å². The second-order valence-corrected chi connectivity index (χ2v) is 4.33. The first kappa shape index (κ1) is 16.1. The number of amides is 2. The summed E-state index contributed by atoms with van der Waals surface area (Å²) in [6.45, 7) is 3.55. The molecule has 7 heteroatoms. The molecule has 0 aliphatic rings. The van der Waals surface area contributed by atoms with Crippen LogP contribution in [0.25, 0.3) is 0 Å². The van der Waals surface area contributed by atoms with E-state index in [0.717, 1.165) is 5.56 Å². The van der Waals surface area contributed by atoms with Crippen LogP contribution in [-0.4, -0.2) is 32.3 Å². The molecule has 1 aromatic rings. The number of methoxy groups -OCH3 is 1. The van der Waals surface area contributed by atoms with Gasteiger partial charge in [-0.15, -0.1) is 0 Å². The quantitative estimate of drug-likeness (QED) is 0.875. The first-order valence-electron chi connectivity index (χ1n) is 6.02. The van der Waals surface area contributed by atoms with Crippen LogP contribution in [0.3, 0.4) is 0 Å². The fourth-order valence-corrected chi connectivity index (χ4v) is 1.61. The van der Waals surface area contributed by atoms with Crippen LogP contribution in [0.5, 0.6) is 5.75 Å². The Morgan fingerprint density at radius 2 is 2.05 bits per heavy atom. The molecule has 0 radical (unpaired) electrons. The molecular weight excluding hydrogens is 284 g/mol. The van der Waals surface area contributed by atoms with Gasteiger partial charge in [0.15, 0.2) is 0 Å². The van der Waals surface area contributed by atoms with Gasteiger partial charge in [-0.1, -0.05) is 11.6 Å². The lowest BCUT2D eigenvalue weighted by Gasteiger charge is -2.12. The molecular formula is C13H17ClN2O4. The van der Waals surface area contributed by atoms with Crippen LogP contribution in [-0.2, 0) is 9.53 Å². The molecule has 0 unspecified atom stereocenters. The molecule has 1 aromatic carbocycles. The second kappa shape index (κ2) is 7.59. The number of anilines is 1. The number of rotatable bonds is 5. The van der Waals surface area contributed by atoms with Gasteiger partial charge >= 0.3 is 6.09 Å². The van der Waals surface area contributed by atoms with E-state index in [9.17, 15) is 9.59 Å². The third-order valence-electron chi connectivity index (χ3n) is 2.42. The molecule has 0 heterocycles. The molecule has 0 bridgehead atoms. The van der Waals surface area contributed by atoms with Gasteiger partial charge in [0.1, 0.15) is 12.3 Å². The minimum absolute atomic E-state index is 0.191. The molecule has 0 aliphatic heterocycles. The molecule has 0 saturated carbocycles. The number of halogens is 1. The molecule has 1 rings (SSSR count). The van der Waals surface area contributed by atoms with Crippen molar-refractivity contribution >= 4 is 29.3 Å². The molecule has 110 valence electrons. The lowest BCUT2D eigenvalue weighted by atomic mass is 10.2. The number of hydrogen-bond donors (Lipinski definition) is 2. The van der Waals surface area contributed by atoms with Crippen molar-refractivity contribution in [1.29, 1.82) is 0 Å². The molecule has 0 spiro atoms. The average molecular weight is 301 g/mol. The van der Waals surface area contributed by atoms with Crippen molar-refractivity contribution in [2.24, 2.45) is 0 Å². The number of nitrogens with one attached hydrogen (secondary N) is 2. The van der Waals surface area contributed by atoms with E-state index < -0.39 is 12.0 Å². The van der Waals surface area contributed by atoms with Crippen molar-refractivity contribution in [2.75, 3.05) is 25.6 Å². The number of aryl methyl sites for hydroxylation is 1. The zero-order chi connectivity index (χ0) is 15.1. The molecule has 6 nitrogen and oxygen atoms in total. The van der Waals surface area contributed by atoms with Crippen LogP contribution in [0.4, 0.5) is 10.5 Å². The highest BCUT2D eigenvalue weighted by Gasteiger charge is 2.11. The van der Waals surface area contributed by atoms with Gasteiger partial charge in [0.25, 0.3) is 0 Å². The van der Waals surface area contributed by atoms with E-state index in [1.54, 1.807) is 19.1 Å². The highest BCUT2D eigenvalue weighted by Crippen LogP contribution is 2.30. The SMILES string of the molecule is CCOC(=O)NCC(=O)Nc1cc(C)c(Cl)cc1OC. The first-order valence-corrected chi connectivity index (χ1v) is 6.40. The highest BCUT2D eigenvalue weighted by atomic mass is 35.5. The molecule has 0 aliphatic carbocycles. The summed E-state index contributed by atoms with van der Waals surface area (Å²) in [6.07, 6.45) is -0.637. The Morgan fingerprint density at radius 1 is 1.35 bits per heavy atom. The summed E-state index contributed by atoms with van der Waals surface area (Å²) in [4.78, 5) is 22.8. The number of carbonyl (C=O) groups excluding carboxylic acids is 2. The minimum Gasteiger partial charge on any atom is -0.495 e. The summed E-state index contributed by atoms with van der Waals surface area (Å²) in [5.74, 6) is 0.0585. The Labute approximate surface area is 122 Å². The Morgan fingerprint density at radius 3 is 2.65 bits per heavy atom. The maximum absolute atomic E-state index is 11.7. The van der Waals surface area contributed by atoms with Crippen molar-refractivity contribution in [3.05, 3.63) is 22.7 Å². The smallest absolute Gasteiger partial charge is 0.407 e. The molecule has 0 fully saturated rings. The Bertz CT molecular complexity index is 505. The van der Waals surface area contributed by atoms with Gasteiger partial charge in [0, 0.05) is 11.1 Å². The summed E-state index contributed by atoms with van der Waals surface area (Å²) in [5, 5.41) is 5.51. The summed E-state index contributed by atoms with van der Waals surface area (Å²) in [6, 6.07) is 3.31. The van der Waals surface area contributed by atoms with E-state index in [1.165, 1.54) is 7.11 Å². The maximum Gasteiger partial charge on any atom is 0.407 e. The number of ether oxygens (including phenoxy) is 2. The van der Waals surface area contributed by atoms with Crippen molar-refractivity contribution < 1.29 is 19.1 Å². The van der Waals surface area contributed by atoms with Crippen LogP contribution >= 0.6 is 11.6 Å². The Balaban J connectivity index is 2.66. The van der Waals surface area contributed by atoms with Crippen molar-refractivity contribution in [3.63, 3.8) is 0 Å². The third kappa shape index (κ3) is 4.62. The van der Waals surface area contributed by atoms with E-state index >= 15 is 0 Å². The molecule has 0 aromatic heterocycles. The normalized spacial score (nSPS) is 9.80. The van der Waals surface area contributed by atoms with E-state index in [4.69, 9.17) is 16.3 Å². The zero-order valence-electron chi connectivity index (χ0n) is 11.6.